The van der Waals surface area contributed by atoms with Gasteiger partial charge in [-0.25, -0.2) is 9.07 Å². The standard InChI is InChI=1S/C19H20FN3O3S/c1-12-15-11-16(18(26)21-10-4-2-3-5-17(24)25)27-19(15)23(22-12)14-8-6-13(20)7-9-14/h6-9,11H,2-5,10H2,1H3,(H,21,26)(H,24,25). The van der Waals surface area contributed by atoms with Gasteiger partial charge in [0, 0.05) is 18.4 Å². The second-order valence-corrected chi connectivity index (χ2v) is 7.29. The van der Waals surface area contributed by atoms with Crippen LogP contribution in [0.3, 0.4) is 0 Å². The van der Waals surface area contributed by atoms with E-state index in [9.17, 15) is 14.0 Å². The largest absolute Gasteiger partial charge is 0.481 e. The smallest absolute Gasteiger partial charge is 0.303 e. The van der Waals surface area contributed by atoms with Crippen LogP contribution in [0.2, 0.25) is 0 Å². The highest BCUT2D eigenvalue weighted by atomic mass is 32.1. The van der Waals surface area contributed by atoms with Gasteiger partial charge in [-0.05, 0) is 50.1 Å². The van der Waals surface area contributed by atoms with Gasteiger partial charge in [-0.15, -0.1) is 11.3 Å². The number of halogens is 1. The topological polar surface area (TPSA) is 84.2 Å². The third-order valence-corrected chi connectivity index (χ3v) is 5.30. The summed E-state index contributed by atoms with van der Waals surface area (Å²) < 4.78 is 14.9. The highest BCUT2D eigenvalue weighted by Gasteiger charge is 2.17. The van der Waals surface area contributed by atoms with Crippen molar-refractivity contribution >= 4 is 33.4 Å². The molecule has 0 bridgehead atoms. The quantitative estimate of drug-likeness (QED) is 0.572. The lowest BCUT2D eigenvalue weighted by Gasteiger charge is -2.03. The van der Waals surface area contributed by atoms with E-state index in [1.54, 1.807) is 16.8 Å². The Bertz CT molecular complexity index is 963. The van der Waals surface area contributed by atoms with E-state index in [1.807, 2.05) is 13.0 Å². The number of carbonyl (C=O) groups excluding carboxylic acids is 1. The molecule has 8 heteroatoms. The van der Waals surface area contributed by atoms with Crippen molar-refractivity contribution in [1.82, 2.24) is 15.1 Å². The molecular weight excluding hydrogens is 369 g/mol. The molecule has 0 spiro atoms. The Morgan fingerprint density at radius 3 is 2.67 bits per heavy atom. The van der Waals surface area contributed by atoms with Crippen molar-refractivity contribution in [2.45, 2.75) is 32.6 Å². The molecule has 2 N–H and O–H groups in total. The summed E-state index contributed by atoms with van der Waals surface area (Å²) >= 11 is 1.34. The van der Waals surface area contributed by atoms with Gasteiger partial charge in [0.15, 0.2) is 0 Å². The van der Waals surface area contributed by atoms with Crippen LogP contribution < -0.4 is 5.32 Å². The molecule has 2 aromatic heterocycles. The molecule has 0 radical (unpaired) electrons. The number of aryl methyl sites for hydroxylation is 1. The van der Waals surface area contributed by atoms with Gasteiger partial charge < -0.3 is 10.4 Å². The number of thiophene rings is 1. The Labute approximate surface area is 159 Å². The maximum absolute atomic E-state index is 13.2. The molecule has 1 aromatic carbocycles. The molecule has 0 unspecified atom stereocenters. The van der Waals surface area contributed by atoms with E-state index in [-0.39, 0.29) is 18.1 Å². The average molecular weight is 389 g/mol. The Morgan fingerprint density at radius 2 is 1.96 bits per heavy atom. The maximum atomic E-state index is 13.2. The van der Waals surface area contributed by atoms with Crippen LogP contribution in [0.25, 0.3) is 15.9 Å². The molecule has 27 heavy (non-hydrogen) atoms. The molecule has 6 nitrogen and oxygen atoms in total. The first-order valence-corrected chi connectivity index (χ1v) is 9.52. The number of unbranched alkanes of at least 4 members (excludes halogenated alkanes) is 2. The van der Waals surface area contributed by atoms with Crippen LogP contribution in [-0.2, 0) is 4.79 Å². The number of amides is 1. The number of hydrogen-bond donors (Lipinski definition) is 2. The van der Waals surface area contributed by atoms with Gasteiger partial charge in [-0.1, -0.05) is 6.42 Å². The molecule has 0 aliphatic rings. The summed E-state index contributed by atoms with van der Waals surface area (Å²) in [6.07, 6.45) is 2.27. The molecule has 2 heterocycles. The molecule has 142 valence electrons. The SMILES string of the molecule is Cc1nn(-c2ccc(F)cc2)c2sc(C(=O)NCCCCCC(=O)O)cc12. The maximum Gasteiger partial charge on any atom is 0.303 e. The van der Waals surface area contributed by atoms with E-state index >= 15 is 0 Å². The predicted octanol–water partition coefficient (Wildman–Crippen LogP) is 3.91. The van der Waals surface area contributed by atoms with E-state index in [0.717, 1.165) is 34.4 Å². The summed E-state index contributed by atoms with van der Waals surface area (Å²) in [6.45, 7) is 2.38. The molecule has 0 aliphatic carbocycles. The molecule has 1 amide bonds. The van der Waals surface area contributed by atoms with Crippen LogP contribution in [0, 0.1) is 12.7 Å². The van der Waals surface area contributed by atoms with Crippen molar-refractivity contribution in [3.63, 3.8) is 0 Å². The summed E-state index contributed by atoms with van der Waals surface area (Å²) in [4.78, 5) is 24.3. The van der Waals surface area contributed by atoms with E-state index in [2.05, 4.69) is 10.4 Å². The van der Waals surface area contributed by atoms with Crippen molar-refractivity contribution in [2.24, 2.45) is 0 Å². The number of rotatable bonds is 8. The lowest BCUT2D eigenvalue weighted by Crippen LogP contribution is -2.23. The zero-order valence-electron chi connectivity index (χ0n) is 14.9. The second-order valence-electron chi connectivity index (χ2n) is 6.26. The molecule has 3 aromatic rings. The number of aromatic nitrogens is 2. The third kappa shape index (κ3) is 4.51. The molecule has 0 aliphatic heterocycles. The summed E-state index contributed by atoms with van der Waals surface area (Å²) in [5.41, 5.74) is 1.54. The van der Waals surface area contributed by atoms with Crippen LogP contribution in [0.5, 0.6) is 0 Å². The van der Waals surface area contributed by atoms with Gasteiger partial charge in [-0.2, -0.15) is 5.10 Å². The van der Waals surface area contributed by atoms with Crippen molar-refractivity contribution in [1.29, 1.82) is 0 Å². The van der Waals surface area contributed by atoms with Gasteiger partial charge in [0.1, 0.15) is 10.6 Å². The number of aliphatic carboxylic acids is 1. The minimum absolute atomic E-state index is 0.153. The Kier molecular flexibility index (Phi) is 5.85. The van der Waals surface area contributed by atoms with Gasteiger partial charge in [-0.3, -0.25) is 9.59 Å². The van der Waals surface area contributed by atoms with Gasteiger partial charge in [0.2, 0.25) is 0 Å². The summed E-state index contributed by atoms with van der Waals surface area (Å²) in [5, 5.41) is 16.9. The van der Waals surface area contributed by atoms with Crippen LogP contribution in [0.4, 0.5) is 4.39 Å². The van der Waals surface area contributed by atoms with Crippen LogP contribution in [0.15, 0.2) is 30.3 Å². The molecule has 0 saturated carbocycles. The summed E-state index contributed by atoms with van der Waals surface area (Å²) in [6, 6.07) is 7.88. The van der Waals surface area contributed by atoms with Crippen LogP contribution in [-0.4, -0.2) is 33.3 Å². The number of nitrogens with one attached hydrogen (secondary N) is 1. The van der Waals surface area contributed by atoms with Crippen molar-refractivity contribution in [2.75, 3.05) is 6.54 Å². The van der Waals surface area contributed by atoms with Crippen LogP contribution in [0.1, 0.15) is 41.0 Å². The number of carbonyl (C=O) groups is 2. The van der Waals surface area contributed by atoms with E-state index in [0.29, 0.717) is 17.8 Å². The minimum Gasteiger partial charge on any atom is -0.481 e. The lowest BCUT2D eigenvalue weighted by atomic mass is 10.2. The van der Waals surface area contributed by atoms with Crippen molar-refractivity contribution in [3.05, 3.63) is 46.7 Å². The lowest BCUT2D eigenvalue weighted by molar-refractivity contribution is -0.137. The van der Waals surface area contributed by atoms with Crippen molar-refractivity contribution in [3.8, 4) is 5.69 Å². The minimum atomic E-state index is -0.796. The highest BCUT2D eigenvalue weighted by molar-refractivity contribution is 7.20. The zero-order chi connectivity index (χ0) is 19.4. The normalized spacial score (nSPS) is 11.0. The monoisotopic (exact) mass is 389 g/mol. The fraction of sp³-hybridized carbons (Fsp3) is 0.316. The first-order chi connectivity index (χ1) is 13.0. The molecular formula is C19H20FN3O3S. The summed E-state index contributed by atoms with van der Waals surface area (Å²) in [7, 11) is 0. The van der Waals surface area contributed by atoms with Crippen molar-refractivity contribution < 1.29 is 19.1 Å². The summed E-state index contributed by atoms with van der Waals surface area (Å²) in [5.74, 6) is -1.26. The fourth-order valence-electron chi connectivity index (χ4n) is 2.78. The number of carboxylic acid groups (broad SMARTS) is 1. The zero-order valence-corrected chi connectivity index (χ0v) is 15.7. The molecule has 0 fully saturated rings. The molecule has 3 rings (SSSR count). The molecule has 0 saturated heterocycles. The third-order valence-electron chi connectivity index (χ3n) is 4.19. The number of hydrogen-bond acceptors (Lipinski definition) is 4. The highest BCUT2D eigenvalue weighted by Crippen LogP contribution is 2.30. The van der Waals surface area contributed by atoms with E-state index in [1.165, 1.54) is 23.5 Å². The number of carboxylic acids is 1. The van der Waals surface area contributed by atoms with E-state index in [4.69, 9.17) is 5.11 Å². The number of nitrogens with zero attached hydrogens (tertiary/aromatic N) is 2. The first kappa shape index (κ1) is 19.0. The van der Waals surface area contributed by atoms with Gasteiger partial charge in [0.25, 0.3) is 5.91 Å². The van der Waals surface area contributed by atoms with Gasteiger partial charge >= 0.3 is 5.97 Å². The number of fused-ring (bicyclic) bond motifs is 1. The first-order valence-electron chi connectivity index (χ1n) is 8.71. The van der Waals surface area contributed by atoms with Crippen LogP contribution >= 0.6 is 11.3 Å². The Hall–Kier alpha value is -2.74. The average Bonchev–Trinajstić information content (AvgIpc) is 3.19. The van der Waals surface area contributed by atoms with E-state index < -0.39 is 5.97 Å². The fourth-order valence-corrected chi connectivity index (χ4v) is 3.88. The second kappa shape index (κ2) is 8.30. The van der Waals surface area contributed by atoms with Gasteiger partial charge in [0.05, 0.1) is 16.3 Å². The predicted molar refractivity (Wildman–Crippen MR) is 102 cm³/mol. The number of benzene rings is 1. The Balaban J connectivity index is 1.67. The Morgan fingerprint density at radius 1 is 1.22 bits per heavy atom. The molecule has 0 atom stereocenters.